The highest BCUT2D eigenvalue weighted by Gasteiger charge is 2.33. The molecule has 1 amide bonds. The Kier molecular flexibility index (Phi) is 5.56. The van der Waals surface area contributed by atoms with E-state index in [1.807, 2.05) is 36.4 Å². The van der Waals surface area contributed by atoms with Crippen LogP contribution in [0.3, 0.4) is 0 Å². The normalized spacial score (nSPS) is 16.7. The molecular formula is C21H23NO4. The fourth-order valence-corrected chi connectivity index (χ4v) is 3.12. The molecule has 0 aliphatic carbocycles. The van der Waals surface area contributed by atoms with Gasteiger partial charge in [-0.2, -0.15) is 0 Å². The van der Waals surface area contributed by atoms with Crippen LogP contribution in [0.1, 0.15) is 30.9 Å². The lowest BCUT2D eigenvalue weighted by molar-refractivity contribution is -0.141. The van der Waals surface area contributed by atoms with Gasteiger partial charge in [0.2, 0.25) is 5.91 Å². The minimum atomic E-state index is -0.908. The Balaban J connectivity index is 1.58. The van der Waals surface area contributed by atoms with Crippen molar-refractivity contribution in [2.24, 2.45) is 5.92 Å². The van der Waals surface area contributed by atoms with Crippen LogP contribution >= 0.6 is 0 Å². The van der Waals surface area contributed by atoms with Crippen molar-refractivity contribution in [1.82, 2.24) is 4.90 Å². The van der Waals surface area contributed by atoms with Gasteiger partial charge in [-0.25, -0.2) is 0 Å². The van der Waals surface area contributed by atoms with E-state index in [9.17, 15) is 9.59 Å². The average molecular weight is 353 g/mol. The number of likely N-dealkylation sites (tertiary alicyclic amines) is 1. The first-order chi connectivity index (χ1) is 12.5. The Morgan fingerprint density at radius 1 is 1.08 bits per heavy atom. The summed E-state index contributed by atoms with van der Waals surface area (Å²) in [5, 5.41) is 9.04. The molecule has 0 bridgehead atoms. The number of nitrogens with zero attached hydrogens (tertiary/aromatic N) is 1. The Labute approximate surface area is 153 Å². The molecule has 1 N–H and O–H groups in total. The molecule has 2 aromatic rings. The maximum absolute atomic E-state index is 11.9. The fraction of sp³-hybridized carbons (Fsp3) is 0.333. The number of amides is 1. The molecule has 1 heterocycles. The summed E-state index contributed by atoms with van der Waals surface area (Å²) in [6.07, 6.45) is 2.27. The van der Waals surface area contributed by atoms with Gasteiger partial charge in [0.1, 0.15) is 11.5 Å². The number of carboxylic acids is 1. The molecule has 0 radical (unpaired) electrons. The van der Waals surface area contributed by atoms with Crippen LogP contribution < -0.4 is 4.74 Å². The lowest BCUT2D eigenvalue weighted by Crippen LogP contribution is -2.25. The minimum Gasteiger partial charge on any atom is -0.481 e. The second-order valence-electron chi connectivity index (χ2n) is 6.65. The van der Waals surface area contributed by atoms with Crippen molar-refractivity contribution >= 4 is 11.9 Å². The van der Waals surface area contributed by atoms with Crippen molar-refractivity contribution in [2.45, 2.75) is 32.7 Å². The van der Waals surface area contributed by atoms with E-state index < -0.39 is 11.9 Å². The van der Waals surface area contributed by atoms with Gasteiger partial charge in [0.05, 0.1) is 5.92 Å². The second-order valence-corrected chi connectivity index (χ2v) is 6.65. The number of aliphatic carboxylic acids is 1. The lowest BCUT2D eigenvalue weighted by Gasteiger charge is -2.16. The molecule has 0 aromatic heterocycles. The van der Waals surface area contributed by atoms with Gasteiger partial charge in [-0.3, -0.25) is 9.59 Å². The molecule has 1 aliphatic heterocycles. The number of hydrogen-bond acceptors (Lipinski definition) is 3. The molecule has 1 atom stereocenters. The fourth-order valence-electron chi connectivity index (χ4n) is 3.12. The number of aryl methyl sites for hydroxylation is 1. The third-order valence-electron chi connectivity index (χ3n) is 4.56. The largest absolute Gasteiger partial charge is 0.481 e. The second kappa shape index (κ2) is 8.04. The molecular weight excluding hydrogens is 330 g/mol. The molecule has 1 aliphatic rings. The van der Waals surface area contributed by atoms with Gasteiger partial charge in [-0.15, -0.1) is 0 Å². The monoisotopic (exact) mass is 353 g/mol. The zero-order valence-corrected chi connectivity index (χ0v) is 14.9. The number of benzene rings is 2. The molecule has 1 saturated heterocycles. The third-order valence-corrected chi connectivity index (χ3v) is 4.56. The Hall–Kier alpha value is -2.82. The first-order valence-corrected chi connectivity index (χ1v) is 8.91. The van der Waals surface area contributed by atoms with E-state index in [0.29, 0.717) is 6.54 Å². The van der Waals surface area contributed by atoms with Gasteiger partial charge in [0, 0.05) is 19.5 Å². The molecule has 2 aromatic carbocycles. The molecule has 0 spiro atoms. The molecule has 5 heteroatoms. The topological polar surface area (TPSA) is 66.8 Å². The van der Waals surface area contributed by atoms with Crippen molar-refractivity contribution in [3.05, 3.63) is 59.7 Å². The van der Waals surface area contributed by atoms with E-state index in [-0.39, 0.29) is 18.9 Å². The zero-order chi connectivity index (χ0) is 18.5. The van der Waals surface area contributed by atoms with Gasteiger partial charge in [0.15, 0.2) is 0 Å². The van der Waals surface area contributed by atoms with E-state index in [2.05, 4.69) is 19.1 Å². The van der Waals surface area contributed by atoms with Crippen molar-refractivity contribution in [2.75, 3.05) is 6.54 Å². The number of ether oxygens (including phenoxy) is 1. The smallest absolute Gasteiger partial charge is 0.308 e. The number of carbonyl (C=O) groups is 2. The van der Waals surface area contributed by atoms with Crippen LogP contribution in [0.4, 0.5) is 0 Å². The Morgan fingerprint density at radius 3 is 2.15 bits per heavy atom. The predicted octanol–water partition coefficient (Wildman–Crippen LogP) is 3.86. The van der Waals surface area contributed by atoms with Gasteiger partial charge in [-0.1, -0.05) is 37.6 Å². The first-order valence-electron chi connectivity index (χ1n) is 8.91. The summed E-state index contributed by atoms with van der Waals surface area (Å²) < 4.78 is 5.85. The van der Waals surface area contributed by atoms with Crippen LogP contribution in [0.5, 0.6) is 11.5 Å². The van der Waals surface area contributed by atoms with Crippen molar-refractivity contribution in [3.63, 3.8) is 0 Å². The van der Waals surface area contributed by atoms with Crippen molar-refractivity contribution < 1.29 is 19.4 Å². The Bertz CT molecular complexity index is 768. The van der Waals surface area contributed by atoms with Gasteiger partial charge < -0.3 is 14.7 Å². The van der Waals surface area contributed by atoms with Crippen LogP contribution in [0.15, 0.2) is 48.5 Å². The maximum atomic E-state index is 11.9. The summed E-state index contributed by atoms with van der Waals surface area (Å²) in [5.74, 6) is -0.0926. The van der Waals surface area contributed by atoms with Gasteiger partial charge >= 0.3 is 5.97 Å². The Morgan fingerprint density at radius 2 is 1.65 bits per heavy atom. The highest BCUT2D eigenvalue weighted by Crippen LogP contribution is 2.24. The average Bonchev–Trinajstić information content (AvgIpc) is 3.00. The summed E-state index contributed by atoms with van der Waals surface area (Å²) in [4.78, 5) is 24.5. The van der Waals surface area contributed by atoms with Crippen LogP contribution in [-0.2, 0) is 22.6 Å². The summed E-state index contributed by atoms with van der Waals surface area (Å²) in [7, 11) is 0. The van der Waals surface area contributed by atoms with E-state index >= 15 is 0 Å². The van der Waals surface area contributed by atoms with Crippen molar-refractivity contribution in [1.29, 1.82) is 0 Å². The van der Waals surface area contributed by atoms with Crippen LogP contribution in [0, 0.1) is 5.92 Å². The van der Waals surface area contributed by atoms with E-state index in [1.54, 1.807) is 4.90 Å². The zero-order valence-electron chi connectivity index (χ0n) is 14.9. The summed E-state index contributed by atoms with van der Waals surface area (Å²) in [6.45, 7) is 2.86. The van der Waals surface area contributed by atoms with E-state index in [4.69, 9.17) is 9.84 Å². The standard InChI is InChI=1S/C21H23NO4/c1-2-3-15-4-8-18(9-5-15)26-19-10-6-16(7-11-19)13-22-14-17(21(24)25)12-20(22)23/h4-11,17H,2-3,12-14H2,1H3,(H,24,25). The molecule has 136 valence electrons. The lowest BCUT2D eigenvalue weighted by atomic mass is 10.1. The SMILES string of the molecule is CCCc1ccc(Oc2ccc(CN3CC(C(=O)O)CC3=O)cc2)cc1. The molecule has 5 nitrogen and oxygen atoms in total. The van der Waals surface area contributed by atoms with Gasteiger partial charge in [0.25, 0.3) is 0 Å². The third kappa shape index (κ3) is 4.42. The summed E-state index contributed by atoms with van der Waals surface area (Å²) >= 11 is 0. The minimum absolute atomic E-state index is 0.0879. The van der Waals surface area contributed by atoms with E-state index in [0.717, 1.165) is 29.9 Å². The number of carbonyl (C=O) groups excluding carboxylic acids is 1. The van der Waals surface area contributed by atoms with Crippen LogP contribution in [-0.4, -0.2) is 28.4 Å². The molecule has 1 fully saturated rings. The van der Waals surface area contributed by atoms with Crippen molar-refractivity contribution in [3.8, 4) is 11.5 Å². The predicted molar refractivity (Wildman–Crippen MR) is 98.1 cm³/mol. The summed E-state index contributed by atoms with van der Waals surface area (Å²) in [6, 6.07) is 15.6. The summed E-state index contributed by atoms with van der Waals surface area (Å²) in [5.41, 5.74) is 2.25. The maximum Gasteiger partial charge on any atom is 0.308 e. The number of carboxylic acid groups (broad SMARTS) is 1. The molecule has 3 rings (SSSR count). The highest BCUT2D eigenvalue weighted by molar-refractivity contribution is 5.86. The quantitative estimate of drug-likeness (QED) is 0.821. The molecule has 0 saturated carbocycles. The van der Waals surface area contributed by atoms with E-state index in [1.165, 1.54) is 5.56 Å². The first kappa shape index (κ1) is 18.0. The van der Waals surface area contributed by atoms with Crippen LogP contribution in [0.2, 0.25) is 0 Å². The molecule has 26 heavy (non-hydrogen) atoms. The number of hydrogen-bond donors (Lipinski definition) is 1. The van der Waals surface area contributed by atoms with Crippen LogP contribution in [0.25, 0.3) is 0 Å². The molecule has 1 unspecified atom stereocenters. The number of rotatable bonds is 7. The van der Waals surface area contributed by atoms with Gasteiger partial charge in [-0.05, 0) is 41.8 Å². The highest BCUT2D eigenvalue weighted by atomic mass is 16.5.